The highest BCUT2D eigenvalue weighted by molar-refractivity contribution is 5.85. The largest absolute Gasteiger partial charge is 0.450 e. The Bertz CT molecular complexity index is 498. The minimum absolute atomic E-state index is 0. The molecule has 1 N–H and O–H groups in total. The van der Waals surface area contributed by atoms with E-state index in [-0.39, 0.29) is 30.9 Å². The van der Waals surface area contributed by atoms with Crippen LogP contribution in [0.3, 0.4) is 0 Å². The van der Waals surface area contributed by atoms with Crippen LogP contribution in [0.5, 0.6) is 0 Å². The van der Waals surface area contributed by atoms with Crippen molar-refractivity contribution >= 4 is 30.9 Å². The molecule has 5 nitrogen and oxygen atoms in total. The lowest BCUT2D eigenvalue weighted by Gasteiger charge is -2.35. The minimum Gasteiger partial charge on any atom is -0.450 e. The molecule has 0 saturated carbocycles. The molecule has 1 unspecified atom stereocenters. The van der Waals surface area contributed by atoms with E-state index >= 15 is 0 Å². The smallest absolute Gasteiger partial charge is 0.407 e. The van der Waals surface area contributed by atoms with Gasteiger partial charge in [-0.3, -0.25) is 0 Å². The van der Waals surface area contributed by atoms with Crippen molar-refractivity contribution in [3.8, 4) is 0 Å². The van der Waals surface area contributed by atoms with E-state index in [9.17, 15) is 4.79 Å². The molecule has 1 aliphatic rings. The summed E-state index contributed by atoms with van der Waals surface area (Å²) < 4.78 is 5.44. The van der Waals surface area contributed by atoms with Gasteiger partial charge in [-0.05, 0) is 65.8 Å². The molecule has 1 fully saturated rings. The van der Waals surface area contributed by atoms with Crippen LogP contribution in [0.15, 0.2) is 0 Å². The lowest BCUT2D eigenvalue weighted by atomic mass is 9.99. The van der Waals surface area contributed by atoms with E-state index in [0.29, 0.717) is 19.2 Å². The van der Waals surface area contributed by atoms with Gasteiger partial charge in [-0.2, -0.15) is 0 Å². The Morgan fingerprint density at radius 3 is 1.84 bits per heavy atom. The zero-order valence-electron chi connectivity index (χ0n) is 25.5. The molecule has 7 heteroatoms. The minimum atomic E-state index is -0.256. The zero-order valence-corrected chi connectivity index (χ0v) is 27.1. The third kappa shape index (κ3) is 24.8. The number of carbonyl (C=O) groups is 1. The van der Waals surface area contributed by atoms with Crippen LogP contribution in [0.2, 0.25) is 0 Å². The molecule has 0 radical (unpaired) electrons. The van der Waals surface area contributed by atoms with Crippen molar-refractivity contribution in [2.45, 2.75) is 148 Å². The topological polar surface area (TPSA) is 44.8 Å². The first-order chi connectivity index (χ1) is 17.6. The number of rotatable bonds is 24. The monoisotopic (exact) mass is 581 g/mol. The van der Waals surface area contributed by atoms with Gasteiger partial charge in [-0.1, -0.05) is 110 Å². The number of alkyl carbamates (subject to hydrolysis) is 1. The molecule has 1 saturated heterocycles. The van der Waals surface area contributed by atoms with Crippen LogP contribution in [0.25, 0.3) is 0 Å². The number of nitrogens with one attached hydrogen (secondary N) is 1. The van der Waals surface area contributed by atoms with E-state index in [4.69, 9.17) is 4.74 Å². The summed E-state index contributed by atoms with van der Waals surface area (Å²) in [6, 6.07) is 0.594. The van der Waals surface area contributed by atoms with Gasteiger partial charge in [0, 0.05) is 12.6 Å². The quantitative estimate of drug-likeness (QED) is 0.115. The average molecular weight is 583 g/mol. The third-order valence-corrected chi connectivity index (χ3v) is 7.78. The maximum Gasteiger partial charge on any atom is 0.407 e. The van der Waals surface area contributed by atoms with Crippen molar-refractivity contribution in [3.63, 3.8) is 0 Å². The molecular formula is C31H65Cl2N3O2. The van der Waals surface area contributed by atoms with Gasteiger partial charge >= 0.3 is 6.09 Å². The van der Waals surface area contributed by atoms with Gasteiger partial charge < -0.3 is 19.9 Å². The van der Waals surface area contributed by atoms with E-state index in [1.165, 1.54) is 135 Å². The van der Waals surface area contributed by atoms with Crippen LogP contribution >= 0.6 is 24.8 Å². The molecule has 1 amide bonds. The number of halogens is 2. The molecule has 0 spiro atoms. The summed E-state index contributed by atoms with van der Waals surface area (Å²) in [5, 5.41) is 2.87. The van der Waals surface area contributed by atoms with E-state index in [2.05, 4.69) is 22.0 Å². The molecule has 1 aliphatic heterocycles. The van der Waals surface area contributed by atoms with E-state index < -0.39 is 0 Å². The number of nitrogens with zero attached hydrogens (tertiary/aromatic N) is 2. The van der Waals surface area contributed by atoms with Crippen LogP contribution in [0.1, 0.15) is 142 Å². The van der Waals surface area contributed by atoms with E-state index in [1.54, 1.807) is 0 Å². The second-order valence-electron chi connectivity index (χ2n) is 11.5. The van der Waals surface area contributed by atoms with Gasteiger partial charge in [-0.15, -0.1) is 24.8 Å². The average Bonchev–Trinajstić information content (AvgIpc) is 2.87. The summed E-state index contributed by atoms with van der Waals surface area (Å²) in [5.41, 5.74) is 0. The molecule has 1 atom stereocenters. The maximum absolute atomic E-state index is 11.9. The Hall–Kier alpha value is -0.230. The lowest BCUT2D eigenvalue weighted by Crippen LogP contribution is -2.41. The first-order valence-electron chi connectivity index (χ1n) is 15.9. The molecule has 0 aliphatic carbocycles. The fraction of sp³-hybridized carbons (Fsp3) is 0.968. The number of amides is 1. The molecule has 230 valence electrons. The second-order valence-corrected chi connectivity index (χ2v) is 11.5. The summed E-state index contributed by atoms with van der Waals surface area (Å²) in [7, 11) is 4.10. The normalized spacial score (nSPS) is 15.6. The Labute approximate surface area is 249 Å². The summed E-state index contributed by atoms with van der Waals surface area (Å²) in [4.78, 5) is 16.7. The van der Waals surface area contributed by atoms with E-state index in [0.717, 1.165) is 19.4 Å². The number of ether oxygens (including phenoxy) is 1. The molecule has 0 aromatic heterocycles. The zero-order chi connectivity index (χ0) is 26.1. The third-order valence-electron chi connectivity index (χ3n) is 7.78. The van der Waals surface area contributed by atoms with Crippen molar-refractivity contribution < 1.29 is 9.53 Å². The van der Waals surface area contributed by atoms with Gasteiger partial charge in [0.25, 0.3) is 0 Å². The number of hydrogen-bond acceptors (Lipinski definition) is 4. The molecule has 38 heavy (non-hydrogen) atoms. The first-order valence-corrected chi connectivity index (χ1v) is 15.9. The van der Waals surface area contributed by atoms with Crippen molar-refractivity contribution in [2.24, 2.45) is 0 Å². The van der Waals surface area contributed by atoms with Crippen molar-refractivity contribution in [1.82, 2.24) is 15.1 Å². The highest BCUT2D eigenvalue weighted by atomic mass is 35.5. The van der Waals surface area contributed by atoms with Gasteiger partial charge in [0.05, 0.1) is 6.61 Å². The van der Waals surface area contributed by atoms with Gasteiger partial charge in [-0.25, -0.2) is 4.79 Å². The second kappa shape index (κ2) is 29.7. The molecule has 1 rings (SSSR count). The predicted molar refractivity (Wildman–Crippen MR) is 170 cm³/mol. The summed E-state index contributed by atoms with van der Waals surface area (Å²) >= 11 is 0. The molecule has 0 aromatic carbocycles. The standard InChI is InChI=1S/C31H63N3O2.2ClH/c1-4-5-6-7-8-9-10-11-12-13-14-15-16-17-18-20-27-34-28-21-19-23-30(34)24-29-36-31(35)32-25-22-26-33(2)3;;/h30H,4-29H2,1-3H3,(H,32,35);2*1H. The van der Waals surface area contributed by atoms with Crippen molar-refractivity contribution in [1.29, 1.82) is 0 Å². The van der Waals surface area contributed by atoms with E-state index in [1.807, 2.05) is 14.1 Å². The van der Waals surface area contributed by atoms with Crippen LogP contribution in [-0.2, 0) is 4.74 Å². The van der Waals surface area contributed by atoms with Crippen LogP contribution in [0, 0.1) is 0 Å². The fourth-order valence-corrected chi connectivity index (χ4v) is 5.47. The Kier molecular flexibility index (Phi) is 31.2. The highest BCUT2D eigenvalue weighted by Crippen LogP contribution is 2.21. The molecule has 0 aromatic rings. The number of hydrogen-bond donors (Lipinski definition) is 1. The van der Waals surface area contributed by atoms with Crippen molar-refractivity contribution in [2.75, 3.05) is 46.9 Å². The number of carbonyl (C=O) groups excluding carboxylic acids is 1. The Morgan fingerprint density at radius 2 is 1.32 bits per heavy atom. The molecule has 1 heterocycles. The number of likely N-dealkylation sites (tertiary alicyclic amines) is 1. The van der Waals surface area contributed by atoms with Gasteiger partial charge in [0.15, 0.2) is 0 Å². The summed E-state index contributed by atoms with van der Waals surface area (Å²) in [6.45, 7) is 6.95. The Balaban J connectivity index is 0. The highest BCUT2D eigenvalue weighted by Gasteiger charge is 2.22. The summed E-state index contributed by atoms with van der Waals surface area (Å²) in [6.07, 6.45) is 28.4. The van der Waals surface area contributed by atoms with Crippen LogP contribution in [0.4, 0.5) is 4.79 Å². The van der Waals surface area contributed by atoms with Gasteiger partial charge in [0.1, 0.15) is 0 Å². The Morgan fingerprint density at radius 1 is 0.789 bits per heavy atom. The SMILES string of the molecule is CCCCCCCCCCCCCCCCCCN1CCCCC1CCOC(=O)NCCCN(C)C.Cl.Cl. The van der Waals surface area contributed by atoms with Crippen molar-refractivity contribution in [3.05, 3.63) is 0 Å². The maximum atomic E-state index is 11.9. The first kappa shape index (κ1) is 39.9. The number of unbranched alkanes of at least 4 members (excludes halogenated alkanes) is 15. The lowest BCUT2D eigenvalue weighted by molar-refractivity contribution is 0.0989. The molecule has 0 bridgehead atoms. The van der Waals surface area contributed by atoms with Crippen LogP contribution < -0.4 is 5.32 Å². The number of piperidine rings is 1. The fourth-order valence-electron chi connectivity index (χ4n) is 5.47. The van der Waals surface area contributed by atoms with Gasteiger partial charge in [0.2, 0.25) is 0 Å². The molecular weight excluding hydrogens is 517 g/mol. The summed E-state index contributed by atoms with van der Waals surface area (Å²) in [5.74, 6) is 0. The predicted octanol–water partition coefficient (Wildman–Crippen LogP) is 9.01. The van der Waals surface area contributed by atoms with Crippen LogP contribution in [-0.4, -0.2) is 68.8 Å².